The Bertz CT molecular complexity index is 1070. The van der Waals surface area contributed by atoms with E-state index in [4.69, 9.17) is 4.74 Å². The van der Waals surface area contributed by atoms with Gasteiger partial charge >= 0.3 is 12.1 Å². The molecule has 2 aromatic rings. The molecule has 2 aromatic carbocycles. The van der Waals surface area contributed by atoms with Crippen LogP contribution >= 0.6 is 0 Å². The Morgan fingerprint density at radius 3 is 2.29 bits per heavy atom. The van der Waals surface area contributed by atoms with E-state index in [1.54, 1.807) is 4.90 Å². The van der Waals surface area contributed by atoms with Crippen LogP contribution in [0.4, 0.5) is 4.79 Å². The number of alkyl carbamates (subject to hydrolysis) is 1. The first-order valence-corrected chi connectivity index (χ1v) is 12.0. The number of nitrogens with one attached hydrogen (secondary N) is 1. The average molecular weight is 463 g/mol. The van der Waals surface area contributed by atoms with Crippen LogP contribution in [-0.4, -0.2) is 54.2 Å². The van der Waals surface area contributed by atoms with Gasteiger partial charge < -0.3 is 20.1 Å². The van der Waals surface area contributed by atoms with Gasteiger partial charge in [-0.1, -0.05) is 55.5 Å². The molecule has 2 aliphatic carbocycles. The number of benzene rings is 2. The first-order valence-electron chi connectivity index (χ1n) is 12.0. The number of carboxylic acid groups (broad SMARTS) is 1. The van der Waals surface area contributed by atoms with Crippen LogP contribution in [0.2, 0.25) is 0 Å². The normalized spacial score (nSPS) is 25.3. The summed E-state index contributed by atoms with van der Waals surface area (Å²) in [5.74, 6) is -1.10. The second kappa shape index (κ2) is 9.12. The molecule has 1 heterocycles. The minimum absolute atomic E-state index is 0.0177. The third-order valence-corrected chi connectivity index (χ3v) is 7.63. The topological polar surface area (TPSA) is 95.9 Å². The van der Waals surface area contributed by atoms with Crippen molar-refractivity contribution in [1.29, 1.82) is 0 Å². The second-order valence-electron chi connectivity index (χ2n) is 9.80. The fourth-order valence-corrected chi connectivity index (χ4v) is 5.59. The summed E-state index contributed by atoms with van der Waals surface area (Å²) in [7, 11) is 0. The maximum Gasteiger partial charge on any atom is 0.407 e. The van der Waals surface area contributed by atoms with Gasteiger partial charge in [0.25, 0.3) is 0 Å². The summed E-state index contributed by atoms with van der Waals surface area (Å²) >= 11 is 0. The number of fused-ring (bicyclic) bond motifs is 3. The second-order valence-corrected chi connectivity index (χ2v) is 9.80. The first kappa shape index (κ1) is 22.4. The Kier molecular flexibility index (Phi) is 6.02. The lowest BCUT2D eigenvalue weighted by molar-refractivity contribution is -0.148. The van der Waals surface area contributed by atoms with Crippen molar-refractivity contribution in [3.05, 3.63) is 59.7 Å². The quantitative estimate of drug-likeness (QED) is 0.682. The molecule has 5 rings (SSSR count). The number of nitrogens with zero attached hydrogens (tertiary/aromatic N) is 1. The average Bonchev–Trinajstić information content (AvgIpc) is 3.55. The summed E-state index contributed by atoms with van der Waals surface area (Å²) < 4.78 is 5.58. The number of ether oxygens (including phenoxy) is 1. The molecular formula is C27H30N2O5. The Morgan fingerprint density at radius 1 is 1.03 bits per heavy atom. The molecule has 3 aliphatic rings. The summed E-state index contributed by atoms with van der Waals surface area (Å²) in [6, 6.07) is 16.4. The largest absolute Gasteiger partial charge is 0.481 e. The highest BCUT2D eigenvalue weighted by Gasteiger charge is 2.46. The number of likely N-dealkylation sites (tertiary alicyclic amines) is 1. The SMILES string of the molecule is CC1CN(C(=O)C2CC2CNC(=O)OCC2c3ccccc3-c3ccccc32)CCC1C(=O)O. The fourth-order valence-electron chi connectivity index (χ4n) is 5.59. The number of hydrogen-bond donors (Lipinski definition) is 2. The number of piperidine rings is 1. The zero-order valence-electron chi connectivity index (χ0n) is 19.3. The van der Waals surface area contributed by atoms with Crippen molar-refractivity contribution < 1.29 is 24.2 Å². The Labute approximate surface area is 199 Å². The molecule has 4 atom stereocenters. The van der Waals surface area contributed by atoms with Crippen molar-refractivity contribution in [3.63, 3.8) is 0 Å². The highest BCUT2D eigenvalue weighted by Crippen LogP contribution is 2.44. The van der Waals surface area contributed by atoms with Crippen LogP contribution in [0.3, 0.4) is 0 Å². The van der Waals surface area contributed by atoms with Crippen molar-refractivity contribution in [2.45, 2.75) is 25.7 Å². The molecule has 0 spiro atoms. The number of carbonyl (C=O) groups is 3. The van der Waals surface area contributed by atoms with E-state index in [0.717, 1.165) is 6.42 Å². The van der Waals surface area contributed by atoms with Gasteiger partial charge in [-0.25, -0.2) is 4.79 Å². The Hall–Kier alpha value is -3.35. The van der Waals surface area contributed by atoms with Crippen LogP contribution in [0, 0.1) is 23.7 Å². The maximum atomic E-state index is 12.8. The number of amides is 2. The van der Waals surface area contributed by atoms with Gasteiger partial charge in [-0.2, -0.15) is 0 Å². The fraction of sp³-hybridized carbons (Fsp3) is 0.444. The van der Waals surface area contributed by atoms with Gasteiger partial charge in [0.2, 0.25) is 5.91 Å². The molecule has 4 unspecified atom stereocenters. The molecule has 0 aromatic heterocycles. The predicted molar refractivity (Wildman–Crippen MR) is 126 cm³/mol. The molecule has 1 saturated carbocycles. The van der Waals surface area contributed by atoms with E-state index in [2.05, 4.69) is 29.6 Å². The molecule has 7 heteroatoms. The number of hydrogen-bond acceptors (Lipinski definition) is 4. The van der Waals surface area contributed by atoms with Crippen LogP contribution in [0.5, 0.6) is 0 Å². The number of carboxylic acids is 1. The van der Waals surface area contributed by atoms with Gasteiger partial charge in [0, 0.05) is 31.5 Å². The van der Waals surface area contributed by atoms with Crippen molar-refractivity contribution in [1.82, 2.24) is 10.2 Å². The molecule has 2 amide bonds. The number of carbonyl (C=O) groups excluding carboxylic acids is 2. The van der Waals surface area contributed by atoms with Crippen LogP contribution in [-0.2, 0) is 14.3 Å². The summed E-state index contributed by atoms with van der Waals surface area (Å²) in [6.07, 6.45) is 0.781. The smallest absolute Gasteiger partial charge is 0.407 e. The summed E-state index contributed by atoms with van der Waals surface area (Å²) in [5.41, 5.74) is 4.72. The van der Waals surface area contributed by atoms with E-state index in [0.29, 0.717) is 26.1 Å². The van der Waals surface area contributed by atoms with E-state index < -0.39 is 12.1 Å². The minimum atomic E-state index is -0.781. The molecule has 178 valence electrons. The maximum absolute atomic E-state index is 12.8. The van der Waals surface area contributed by atoms with Gasteiger partial charge in [0.15, 0.2) is 0 Å². The monoisotopic (exact) mass is 462 g/mol. The van der Waals surface area contributed by atoms with E-state index >= 15 is 0 Å². The van der Waals surface area contributed by atoms with Gasteiger partial charge in [0.1, 0.15) is 6.61 Å². The van der Waals surface area contributed by atoms with Crippen molar-refractivity contribution >= 4 is 18.0 Å². The van der Waals surface area contributed by atoms with E-state index in [1.807, 2.05) is 31.2 Å². The van der Waals surface area contributed by atoms with Crippen LogP contribution in [0.15, 0.2) is 48.5 Å². The summed E-state index contributed by atoms with van der Waals surface area (Å²) in [5, 5.41) is 12.1. The van der Waals surface area contributed by atoms with Gasteiger partial charge in [-0.15, -0.1) is 0 Å². The molecule has 34 heavy (non-hydrogen) atoms. The van der Waals surface area contributed by atoms with E-state index in [9.17, 15) is 19.5 Å². The minimum Gasteiger partial charge on any atom is -0.481 e. The van der Waals surface area contributed by atoms with Crippen LogP contribution in [0.1, 0.15) is 36.8 Å². The van der Waals surface area contributed by atoms with Crippen molar-refractivity contribution in [2.24, 2.45) is 23.7 Å². The summed E-state index contributed by atoms with van der Waals surface area (Å²) in [6.45, 7) is 3.54. The zero-order valence-corrected chi connectivity index (χ0v) is 19.3. The molecule has 2 N–H and O–H groups in total. The highest BCUT2D eigenvalue weighted by molar-refractivity contribution is 5.82. The lowest BCUT2D eigenvalue weighted by Crippen LogP contribution is -2.45. The third-order valence-electron chi connectivity index (χ3n) is 7.63. The lowest BCUT2D eigenvalue weighted by Gasteiger charge is -2.35. The molecule has 2 fully saturated rings. The molecular weight excluding hydrogens is 432 g/mol. The zero-order chi connectivity index (χ0) is 23.8. The highest BCUT2D eigenvalue weighted by atomic mass is 16.5. The Morgan fingerprint density at radius 2 is 1.68 bits per heavy atom. The lowest BCUT2D eigenvalue weighted by atomic mass is 9.87. The predicted octanol–water partition coefficient (Wildman–Crippen LogP) is 3.73. The number of aliphatic carboxylic acids is 1. The molecule has 7 nitrogen and oxygen atoms in total. The standard InChI is InChI=1S/C27H30N2O5/c1-16-14-29(11-10-18(16)26(31)32)25(30)23-12-17(23)13-28-27(33)34-15-24-21-8-4-2-6-19(21)20-7-3-5-9-22(20)24/h2-9,16-18,23-24H,10-15H2,1H3,(H,28,33)(H,31,32). The first-order chi connectivity index (χ1) is 16.4. The molecule has 0 bridgehead atoms. The molecule has 0 radical (unpaired) electrons. The molecule has 1 aliphatic heterocycles. The van der Waals surface area contributed by atoms with Crippen molar-refractivity contribution in [2.75, 3.05) is 26.2 Å². The van der Waals surface area contributed by atoms with Gasteiger partial charge in [-0.3, -0.25) is 9.59 Å². The van der Waals surface area contributed by atoms with Crippen LogP contribution in [0.25, 0.3) is 11.1 Å². The van der Waals surface area contributed by atoms with Crippen molar-refractivity contribution in [3.8, 4) is 11.1 Å². The van der Waals surface area contributed by atoms with E-state index in [-0.39, 0.29) is 42.1 Å². The van der Waals surface area contributed by atoms with Gasteiger partial charge in [-0.05, 0) is 46.9 Å². The third kappa shape index (κ3) is 4.27. The Balaban J connectivity index is 1.09. The van der Waals surface area contributed by atoms with Crippen LogP contribution < -0.4 is 5.32 Å². The van der Waals surface area contributed by atoms with E-state index in [1.165, 1.54) is 22.3 Å². The van der Waals surface area contributed by atoms with Gasteiger partial charge in [0.05, 0.1) is 5.92 Å². The number of rotatable bonds is 6. The molecule has 1 saturated heterocycles. The summed E-state index contributed by atoms with van der Waals surface area (Å²) in [4.78, 5) is 38.3.